The van der Waals surface area contributed by atoms with Gasteiger partial charge in [0.25, 0.3) is 5.91 Å². The summed E-state index contributed by atoms with van der Waals surface area (Å²) < 4.78 is 11.1. The molecule has 1 rings (SSSR count). The summed E-state index contributed by atoms with van der Waals surface area (Å²) in [6, 6.07) is 5.28. The highest BCUT2D eigenvalue weighted by atomic mass is 79.9. The van der Waals surface area contributed by atoms with Crippen molar-refractivity contribution in [1.82, 2.24) is 5.32 Å². The molecule has 0 saturated heterocycles. The second-order valence-electron chi connectivity index (χ2n) is 3.60. The molecular weight excluding hydrogens is 286 g/mol. The van der Waals surface area contributed by atoms with Crippen molar-refractivity contribution in [1.29, 1.82) is 0 Å². The Kier molecular flexibility index (Phi) is 5.44. The van der Waals surface area contributed by atoms with E-state index in [0.29, 0.717) is 17.9 Å². The predicted molar refractivity (Wildman–Crippen MR) is 69.5 cm³/mol. The summed E-state index contributed by atoms with van der Waals surface area (Å²) in [5.74, 6) is 0.375. The first-order valence-corrected chi connectivity index (χ1v) is 6.02. The average molecular weight is 302 g/mol. The molecule has 0 bridgehead atoms. The van der Waals surface area contributed by atoms with Gasteiger partial charge in [0.15, 0.2) is 0 Å². The molecule has 0 radical (unpaired) electrons. The third kappa shape index (κ3) is 4.02. The largest absolute Gasteiger partial charge is 0.496 e. The van der Waals surface area contributed by atoms with E-state index in [1.54, 1.807) is 25.3 Å². The Morgan fingerprint density at radius 1 is 1.47 bits per heavy atom. The van der Waals surface area contributed by atoms with Gasteiger partial charge in [0.1, 0.15) is 5.75 Å². The number of carbonyl (C=O) groups excluding carboxylic acids is 1. The molecule has 0 aromatic heterocycles. The van der Waals surface area contributed by atoms with Crippen LogP contribution in [0.3, 0.4) is 0 Å². The fourth-order valence-electron chi connectivity index (χ4n) is 1.27. The molecule has 1 amide bonds. The second kappa shape index (κ2) is 6.61. The number of hydrogen-bond donors (Lipinski definition) is 1. The van der Waals surface area contributed by atoms with Gasteiger partial charge in [-0.1, -0.05) is 15.9 Å². The lowest BCUT2D eigenvalue weighted by Gasteiger charge is -2.12. The summed E-state index contributed by atoms with van der Waals surface area (Å²) in [6.45, 7) is 2.35. The molecular formula is C12H16BrNO3. The summed E-state index contributed by atoms with van der Waals surface area (Å²) in [6.07, 6.45) is -0.0135. The van der Waals surface area contributed by atoms with Crippen LogP contribution >= 0.6 is 15.9 Å². The molecule has 0 spiro atoms. The summed E-state index contributed by atoms with van der Waals surface area (Å²) in [7, 11) is 3.15. The van der Waals surface area contributed by atoms with E-state index >= 15 is 0 Å². The van der Waals surface area contributed by atoms with Gasteiger partial charge in [-0.3, -0.25) is 4.79 Å². The van der Waals surface area contributed by atoms with Gasteiger partial charge in [0.05, 0.1) is 18.8 Å². The van der Waals surface area contributed by atoms with Crippen LogP contribution < -0.4 is 10.1 Å². The lowest BCUT2D eigenvalue weighted by atomic mass is 10.2. The molecule has 1 atom stereocenters. The van der Waals surface area contributed by atoms with Crippen molar-refractivity contribution in [2.75, 3.05) is 20.8 Å². The number of halogens is 1. The van der Waals surface area contributed by atoms with E-state index in [2.05, 4.69) is 21.2 Å². The van der Waals surface area contributed by atoms with E-state index in [1.807, 2.05) is 6.92 Å². The van der Waals surface area contributed by atoms with Crippen molar-refractivity contribution in [2.45, 2.75) is 13.0 Å². The number of rotatable bonds is 5. The smallest absolute Gasteiger partial charge is 0.255 e. The maximum atomic E-state index is 11.9. The number of hydrogen-bond acceptors (Lipinski definition) is 3. The van der Waals surface area contributed by atoms with Crippen molar-refractivity contribution in [3.05, 3.63) is 28.2 Å². The Morgan fingerprint density at radius 3 is 2.76 bits per heavy atom. The molecule has 0 aliphatic heterocycles. The Morgan fingerprint density at radius 2 is 2.18 bits per heavy atom. The number of ether oxygens (including phenoxy) is 2. The first-order valence-electron chi connectivity index (χ1n) is 5.23. The highest BCUT2D eigenvalue weighted by molar-refractivity contribution is 9.10. The topological polar surface area (TPSA) is 47.6 Å². The van der Waals surface area contributed by atoms with Crippen molar-refractivity contribution in [3.63, 3.8) is 0 Å². The summed E-state index contributed by atoms with van der Waals surface area (Å²) >= 11 is 3.33. The van der Waals surface area contributed by atoms with Crippen LogP contribution in [0.2, 0.25) is 0 Å². The van der Waals surface area contributed by atoms with Crippen LogP contribution in [0.25, 0.3) is 0 Å². The van der Waals surface area contributed by atoms with Gasteiger partial charge in [0, 0.05) is 18.1 Å². The first kappa shape index (κ1) is 14.0. The Hall–Kier alpha value is -1.07. The zero-order valence-corrected chi connectivity index (χ0v) is 11.7. The highest BCUT2D eigenvalue weighted by Gasteiger charge is 2.13. The summed E-state index contributed by atoms with van der Waals surface area (Å²) in [5, 5.41) is 2.78. The molecule has 4 nitrogen and oxygen atoms in total. The molecule has 0 aliphatic carbocycles. The van der Waals surface area contributed by atoms with Crippen LogP contribution in [0.15, 0.2) is 22.7 Å². The molecule has 0 fully saturated rings. The molecule has 1 N–H and O–H groups in total. The monoisotopic (exact) mass is 301 g/mol. The summed E-state index contributed by atoms with van der Waals surface area (Å²) in [5.41, 5.74) is 0.513. The number of carbonyl (C=O) groups is 1. The molecule has 0 heterocycles. The highest BCUT2D eigenvalue weighted by Crippen LogP contribution is 2.23. The molecule has 0 saturated carbocycles. The molecule has 5 heteroatoms. The lowest BCUT2D eigenvalue weighted by Crippen LogP contribution is -2.31. The zero-order valence-electron chi connectivity index (χ0n) is 10.1. The first-order chi connectivity index (χ1) is 8.08. The van der Waals surface area contributed by atoms with E-state index in [4.69, 9.17) is 9.47 Å². The van der Waals surface area contributed by atoms with Crippen LogP contribution in [-0.4, -0.2) is 32.8 Å². The van der Waals surface area contributed by atoms with Gasteiger partial charge < -0.3 is 14.8 Å². The molecule has 17 heavy (non-hydrogen) atoms. The van der Waals surface area contributed by atoms with Crippen molar-refractivity contribution < 1.29 is 14.3 Å². The van der Waals surface area contributed by atoms with Gasteiger partial charge in [-0.2, -0.15) is 0 Å². The number of methoxy groups -OCH3 is 2. The minimum atomic E-state index is -0.168. The van der Waals surface area contributed by atoms with Gasteiger partial charge in [0.2, 0.25) is 0 Å². The average Bonchev–Trinajstić information content (AvgIpc) is 2.35. The normalized spacial score (nSPS) is 12.0. The minimum Gasteiger partial charge on any atom is -0.496 e. The number of amides is 1. The minimum absolute atomic E-state index is 0.0135. The third-order valence-electron chi connectivity index (χ3n) is 2.36. The van der Waals surface area contributed by atoms with Gasteiger partial charge in [-0.05, 0) is 25.1 Å². The van der Waals surface area contributed by atoms with E-state index in [9.17, 15) is 4.79 Å². The zero-order chi connectivity index (χ0) is 12.8. The second-order valence-corrected chi connectivity index (χ2v) is 4.52. The quantitative estimate of drug-likeness (QED) is 0.907. The Balaban J connectivity index is 2.75. The van der Waals surface area contributed by atoms with Crippen molar-refractivity contribution in [3.8, 4) is 5.75 Å². The fourth-order valence-corrected chi connectivity index (χ4v) is 1.61. The predicted octanol–water partition coefficient (Wildman–Crippen LogP) is 2.22. The van der Waals surface area contributed by atoms with Crippen LogP contribution in [0.1, 0.15) is 17.3 Å². The van der Waals surface area contributed by atoms with Gasteiger partial charge >= 0.3 is 0 Å². The van der Waals surface area contributed by atoms with Crippen LogP contribution in [-0.2, 0) is 4.74 Å². The van der Waals surface area contributed by atoms with E-state index in [1.165, 1.54) is 7.11 Å². The molecule has 1 unspecified atom stereocenters. The molecule has 1 aromatic carbocycles. The van der Waals surface area contributed by atoms with Crippen LogP contribution in [0.4, 0.5) is 0 Å². The molecule has 1 aromatic rings. The van der Waals surface area contributed by atoms with E-state index in [0.717, 1.165) is 4.47 Å². The molecule has 94 valence electrons. The van der Waals surface area contributed by atoms with Crippen molar-refractivity contribution >= 4 is 21.8 Å². The van der Waals surface area contributed by atoms with Crippen LogP contribution in [0, 0.1) is 0 Å². The van der Waals surface area contributed by atoms with E-state index < -0.39 is 0 Å². The van der Waals surface area contributed by atoms with Gasteiger partial charge in [-0.25, -0.2) is 0 Å². The number of nitrogens with one attached hydrogen (secondary N) is 1. The van der Waals surface area contributed by atoms with Crippen LogP contribution in [0.5, 0.6) is 5.75 Å². The standard InChI is InChI=1S/C12H16BrNO3/c1-8(16-2)7-14-12(15)10-5-4-9(13)6-11(10)17-3/h4-6,8H,7H2,1-3H3,(H,14,15). The SMILES string of the molecule is COc1cc(Br)ccc1C(=O)NCC(C)OC. The Bertz CT molecular complexity index is 395. The number of benzene rings is 1. The molecule has 0 aliphatic rings. The van der Waals surface area contributed by atoms with E-state index in [-0.39, 0.29) is 12.0 Å². The maximum Gasteiger partial charge on any atom is 0.255 e. The maximum absolute atomic E-state index is 11.9. The Labute approximate surface area is 109 Å². The van der Waals surface area contributed by atoms with Crippen molar-refractivity contribution in [2.24, 2.45) is 0 Å². The fraction of sp³-hybridized carbons (Fsp3) is 0.417. The lowest BCUT2D eigenvalue weighted by molar-refractivity contribution is 0.0868. The summed E-state index contributed by atoms with van der Waals surface area (Å²) in [4.78, 5) is 11.9. The third-order valence-corrected chi connectivity index (χ3v) is 2.85. The van der Waals surface area contributed by atoms with Gasteiger partial charge in [-0.15, -0.1) is 0 Å².